The third-order valence-corrected chi connectivity index (χ3v) is 4.21. The molecule has 0 heterocycles. The molecular formula is C21H23NO5. The van der Waals surface area contributed by atoms with E-state index in [9.17, 15) is 14.4 Å². The minimum absolute atomic E-state index is 0.314. The summed E-state index contributed by atoms with van der Waals surface area (Å²) >= 11 is 0. The predicted octanol–water partition coefficient (Wildman–Crippen LogP) is 2.86. The van der Waals surface area contributed by atoms with Crippen LogP contribution in [0.4, 0.5) is 0 Å². The molecule has 2 aromatic carbocycles. The van der Waals surface area contributed by atoms with E-state index in [1.54, 1.807) is 36.4 Å². The van der Waals surface area contributed by atoms with E-state index in [1.165, 1.54) is 14.0 Å². The van der Waals surface area contributed by atoms with E-state index in [0.29, 0.717) is 16.9 Å². The Hall–Kier alpha value is -3.15. The van der Waals surface area contributed by atoms with Gasteiger partial charge in [0.15, 0.2) is 6.10 Å². The van der Waals surface area contributed by atoms with Crippen molar-refractivity contribution in [1.29, 1.82) is 0 Å². The number of carbonyl (C=O) groups is 3. The third kappa shape index (κ3) is 5.41. The zero-order valence-electron chi connectivity index (χ0n) is 15.9. The van der Waals surface area contributed by atoms with E-state index in [1.807, 2.05) is 19.9 Å². The second kappa shape index (κ2) is 8.98. The van der Waals surface area contributed by atoms with Gasteiger partial charge in [0.2, 0.25) is 5.78 Å². The van der Waals surface area contributed by atoms with Gasteiger partial charge in [-0.15, -0.1) is 0 Å². The lowest BCUT2D eigenvalue weighted by Gasteiger charge is -2.13. The number of hydrogen-bond donors (Lipinski definition) is 1. The molecule has 0 aromatic heterocycles. The summed E-state index contributed by atoms with van der Waals surface area (Å²) in [5.74, 6) is -0.748. The molecule has 1 atom stereocenters. The lowest BCUT2D eigenvalue weighted by atomic mass is 10.1. The zero-order valence-corrected chi connectivity index (χ0v) is 15.9. The van der Waals surface area contributed by atoms with Crippen molar-refractivity contribution in [3.05, 3.63) is 64.7 Å². The third-order valence-electron chi connectivity index (χ3n) is 4.21. The van der Waals surface area contributed by atoms with Gasteiger partial charge in [-0.3, -0.25) is 14.4 Å². The van der Waals surface area contributed by atoms with E-state index in [4.69, 9.17) is 9.47 Å². The van der Waals surface area contributed by atoms with Crippen LogP contribution in [-0.4, -0.2) is 37.4 Å². The maximum Gasteiger partial charge on any atom is 0.326 e. The van der Waals surface area contributed by atoms with Gasteiger partial charge in [-0.25, -0.2) is 0 Å². The molecule has 2 rings (SSSR count). The molecule has 0 aliphatic rings. The summed E-state index contributed by atoms with van der Waals surface area (Å²) in [6.45, 7) is 5.05. The molecule has 27 heavy (non-hydrogen) atoms. The zero-order chi connectivity index (χ0) is 20.0. The number of amides is 1. The quantitative estimate of drug-likeness (QED) is 0.599. The molecule has 6 nitrogen and oxygen atoms in total. The van der Waals surface area contributed by atoms with Crippen molar-refractivity contribution in [3.63, 3.8) is 0 Å². The Labute approximate surface area is 158 Å². The van der Waals surface area contributed by atoms with E-state index < -0.39 is 12.1 Å². The van der Waals surface area contributed by atoms with Gasteiger partial charge >= 0.3 is 5.97 Å². The predicted molar refractivity (Wildman–Crippen MR) is 101 cm³/mol. The minimum atomic E-state index is -0.954. The summed E-state index contributed by atoms with van der Waals surface area (Å²) in [6.07, 6.45) is -0.954. The van der Waals surface area contributed by atoms with Crippen LogP contribution in [0.5, 0.6) is 5.75 Å². The van der Waals surface area contributed by atoms with Gasteiger partial charge in [-0.05, 0) is 68.3 Å². The van der Waals surface area contributed by atoms with E-state index in [-0.39, 0.29) is 18.2 Å². The first-order valence-corrected chi connectivity index (χ1v) is 8.55. The first-order chi connectivity index (χ1) is 12.8. The van der Waals surface area contributed by atoms with Gasteiger partial charge < -0.3 is 14.8 Å². The molecule has 0 saturated carbocycles. The van der Waals surface area contributed by atoms with E-state index >= 15 is 0 Å². The number of Topliss-reactive ketones (excluding diaryl/α,β-unsaturated/α-hetero) is 1. The molecule has 6 heteroatoms. The van der Waals surface area contributed by atoms with Crippen molar-refractivity contribution in [2.45, 2.75) is 26.9 Å². The fourth-order valence-electron chi connectivity index (χ4n) is 2.42. The van der Waals surface area contributed by atoms with Crippen molar-refractivity contribution in [2.75, 3.05) is 13.7 Å². The van der Waals surface area contributed by atoms with Crippen LogP contribution in [0.1, 0.15) is 38.8 Å². The van der Waals surface area contributed by atoms with E-state index in [0.717, 1.165) is 11.1 Å². The fraction of sp³-hybridized carbons (Fsp3) is 0.286. The highest BCUT2D eigenvalue weighted by molar-refractivity contribution is 6.00. The topological polar surface area (TPSA) is 81.7 Å². The molecular weight excluding hydrogens is 346 g/mol. The SMILES string of the molecule is COc1ccc(C(=O)[C@H](C)OC(=O)CNC(=O)c2ccc(C)c(C)c2)cc1. The molecule has 0 aliphatic carbocycles. The number of nitrogens with one attached hydrogen (secondary N) is 1. The lowest BCUT2D eigenvalue weighted by Crippen LogP contribution is -2.34. The smallest absolute Gasteiger partial charge is 0.326 e. The first kappa shape index (κ1) is 20.2. The second-order valence-corrected chi connectivity index (χ2v) is 6.21. The van der Waals surface area contributed by atoms with Gasteiger partial charge in [0.05, 0.1) is 7.11 Å². The molecule has 0 spiro atoms. The van der Waals surface area contributed by atoms with Crippen LogP contribution in [0.15, 0.2) is 42.5 Å². The number of esters is 1. The van der Waals surface area contributed by atoms with Crippen LogP contribution < -0.4 is 10.1 Å². The molecule has 142 valence electrons. The summed E-state index contributed by atoms with van der Waals surface area (Å²) < 4.78 is 10.2. The van der Waals surface area contributed by atoms with Crippen molar-refractivity contribution < 1.29 is 23.9 Å². The maximum absolute atomic E-state index is 12.3. The number of ether oxygens (including phenoxy) is 2. The van der Waals surface area contributed by atoms with E-state index in [2.05, 4.69) is 5.32 Å². The standard InChI is InChI=1S/C21H23NO5/c1-13-5-6-17(11-14(13)2)21(25)22-12-19(23)27-15(3)20(24)16-7-9-18(26-4)10-8-16/h5-11,15H,12H2,1-4H3,(H,22,25)/t15-/m0/s1. The molecule has 0 aliphatic heterocycles. The van der Waals surface area contributed by atoms with Crippen LogP contribution >= 0.6 is 0 Å². The monoisotopic (exact) mass is 369 g/mol. The Balaban J connectivity index is 1.87. The summed E-state index contributed by atoms with van der Waals surface area (Å²) in [6, 6.07) is 11.8. The summed E-state index contributed by atoms with van der Waals surface area (Å²) in [5, 5.41) is 2.50. The Morgan fingerprint density at radius 1 is 0.963 bits per heavy atom. The molecule has 1 N–H and O–H groups in total. The van der Waals surface area contributed by atoms with Crippen LogP contribution in [0, 0.1) is 13.8 Å². The Kier molecular flexibility index (Phi) is 6.71. The molecule has 0 bridgehead atoms. The lowest BCUT2D eigenvalue weighted by molar-refractivity contribution is -0.145. The summed E-state index contributed by atoms with van der Waals surface area (Å²) in [5.41, 5.74) is 2.95. The van der Waals surface area contributed by atoms with Crippen molar-refractivity contribution in [2.24, 2.45) is 0 Å². The number of carbonyl (C=O) groups excluding carboxylic acids is 3. The van der Waals surface area contributed by atoms with Gasteiger partial charge in [0.25, 0.3) is 5.91 Å². The number of methoxy groups -OCH3 is 1. The maximum atomic E-state index is 12.3. The highest BCUT2D eigenvalue weighted by atomic mass is 16.5. The number of aryl methyl sites for hydroxylation is 2. The normalized spacial score (nSPS) is 11.4. The Morgan fingerprint density at radius 2 is 1.59 bits per heavy atom. The average Bonchev–Trinajstić information content (AvgIpc) is 2.67. The summed E-state index contributed by atoms with van der Waals surface area (Å²) in [7, 11) is 1.54. The molecule has 0 fully saturated rings. The molecule has 1 amide bonds. The van der Waals surface area contributed by atoms with Crippen LogP contribution in [0.2, 0.25) is 0 Å². The fourth-order valence-corrected chi connectivity index (χ4v) is 2.42. The van der Waals surface area contributed by atoms with Crippen LogP contribution in [-0.2, 0) is 9.53 Å². The first-order valence-electron chi connectivity index (χ1n) is 8.55. The van der Waals surface area contributed by atoms with Gasteiger partial charge in [0, 0.05) is 11.1 Å². The van der Waals surface area contributed by atoms with Crippen LogP contribution in [0.25, 0.3) is 0 Å². The Morgan fingerprint density at radius 3 is 2.19 bits per heavy atom. The molecule has 0 saturated heterocycles. The number of rotatable bonds is 7. The molecule has 2 aromatic rings. The summed E-state index contributed by atoms with van der Waals surface area (Å²) in [4.78, 5) is 36.4. The molecule has 0 radical (unpaired) electrons. The van der Waals surface area contributed by atoms with Gasteiger partial charge in [0.1, 0.15) is 12.3 Å². The number of hydrogen-bond acceptors (Lipinski definition) is 5. The highest BCUT2D eigenvalue weighted by Crippen LogP contribution is 2.14. The second-order valence-electron chi connectivity index (χ2n) is 6.21. The van der Waals surface area contributed by atoms with Crippen molar-refractivity contribution in [1.82, 2.24) is 5.32 Å². The minimum Gasteiger partial charge on any atom is -0.497 e. The van der Waals surface area contributed by atoms with Crippen molar-refractivity contribution >= 4 is 17.7 Å². The van der Waals surface area contributed by atoms with Gasteiger partial charge in [-0.1, -0.05) is 6.07 Å². The highest BCUT2D eigenvalue weighted by Gasteiger charge is 2.20. The number of ketones is 1. The van der Waals surface area contributed by atoms with Crippen LogP contribution in [0.3, 0.4) is 0 Å². The van der Waals surface area contributed by atoms with Gasteiger partial charge in [-0.2, -0.15) is 0 Å². The number of benzene rings is 2. The van der Waals surface area contributed by atoms with Crippen molar-refractivity contribution in [3.8, 4) is 5.75 Å². The Bertz CT molecular complexity index is 842. The average molecular weight is 369 g/mol. The largest absolute Gasteiger partial charge is 0.497 e. The molecule has 0 unspecified atom stereocenters.